The fraction of sp³-hybridized carbons (Fsp3) is 0.417. The van der Waals surface area contributed by atoms with Crippen LogP contribution in [0.4, 0.5) is 4.39 Å². The lowest BCUT2D eigenvalue weighted by Crippen LogP contribution is -2.44. The van der Waals surface area contributed by atoms with Crippen molar-refractivity contribution in [2.75, 3.05) is 13.1 Å². The molecule has 3 rings (SSSR count). The number of rotatable bonds is 1. The lowest BCUT2D eigenvalue weighted by Gasteiger charge is -2.16. The standard InChI is InChI=1S/C12H14FN2O/c13-9-1-2-11-12(7-9)16-8-15(11)10-3-5-14-6-4-10/h1-2,7-8,10,14H,3-6H2/q+1. The Hall–Kier alpha value is -1.42. The number of oxazole rings is 1. The largest absolute Gasteiger partial charge is 0.403 e. The van der Waals surface area contributed by atoms with Gasteiger partial charge in [-0.2, -0.15) is 4.57 Å². The zero-order chi connectivity index (χ0) is 11.0. The molecular formula is C12H14FN2O+. The monoisotopic (exact) mass is 221 g/mol. The highest BCUT2D eigenvalue weighted by Gasteiger charge is 2.26. The fourth-order valence-corrected chi connectivity index (χ4v) is 2.33. The summed E-state index contributed by atoms with van der Waals surface area (Å²) >= 11 is 0. The van der Waals surface area contributed by atoms with Crippen molar-refractivity contribution in [2.24, 2.45) is 0 Å². The Labute approximate surface area is 92.9 Å². The van der Waals surface area contributed by atoms with Gasteiger partial charge in [-0.15, -0.1) is 0 Å². The van der Waals surface area contributed by atoms with Crippen LogP contribution in [0.3, 0.4) is 0 Å². The Morgan fingerprint density at radius 2 is 2.12 bits per heavy atom. The average molecular weight is 221 g/mol. The summed E-state index contributed by atoms with van der Waals surface area (Å²) in [5.41, 5.74) is 1.60. The van der Waals surface area contributed by atoms with Gasteiger partial charge in [-0.25, -0.2) is 4.39 Å². The summed E-state index contributed by atoms with van der Waals surface area (Å²) in [4.78, 5) is 0. The van der Waals surface area contributed by atoms with Gasteiger partial charge in [0.2, 0.25) is 5.58 Å². The third kappa shape index (κ3) is 1.59. The van der Waals surface area contributed by atoms with Gasteiger partial charge in [0.15, 0.2) is 6.04 Å². The Morgan fingerprint density at radius 3 is 2.94 bits per heavy atom. The number of hydrogen-bond acceptors (Lipinski definition) is 2. The van der Waals surface area contributed by atoms with E-state index in [9.17, 15) is 4.39 Å². The lowest BCUT2D eigenvalue weighted by molar-refractivity contribution is -0.705. The Bertz CT molecular complexity index is 503. The molecule has 0 unspecified atom stereocenters. The molecule has 1 aliphatic rings. The van der Waals surface area contributed by atoms with Crippen molar-refractivity contribution in [2.45, 2.75) is 18.9 Å². The molecular weight excluding hydrogens is 207 g/mol. The third-order valence-electron chi connectivity index (χ3n) is 3.20. The van der Waals surface area contributed by atoms with Crippen LogP contribution in [0.15, 0.2) is 29.0 Å². The number of fused-ring (bicyclic) bond motifs is 1. The van der Waals surface area contributed by atoms with Crippen LogP contribution in [0.1, 0.15) is 18.9 Å². The topological polar surface area (TPSA) is 29.0 Å². The van der Waals surface area contributed by atoms with Gasteiger partial charge in [0.1, 0.15) is 5.82 Å². The zero-order valence-corrected chi connectivity index (χ0v) is 8.95. The first-order valence-electron chi connectivity index (χ1n) is 5.63. The normalized spacial score (nSPS) is 18.1. The molecule has 0 amide bonds. The minimum Gasteiger partial charge on any atom is -0.403 e. The van der Waals surface area contributed by atoms with Crippen LogP contribution in [0, 0.1) is 5.82 Å². The van der Waals surface area contributed by atoms with Gasteiger partial charge in [0, 0.05) is 38.1 Å². The van der Waals surface area contributed by atoms with Gasteiger partial charge in [0.25, 0.3) is 5.52 Å². The highest BCUT2D eigenvalue weighted by molar-refractivity contribution is 5.68. The summed E-state index contributed by atoms with van der Waals surface area (Å²) in [5.74, 6) is -0.251. The number of piperidine rings is 1. The second kappa shape index (κ2) is 3.87. The van der Waals surface area contributed by atoms with Crippen molar-refractivity contribution < 1.29 is 13.4 Å². The molecule has 4 heteroatoms. The molecule has 0 spiro atoms. The van der Waals surface area contributed by atoms with Gasteiger partial charge in [-0.1, -0.05) is 0 Å². The number of aromatic nitrogens is 1. The van der Waals surface area contributed by atoms with E-state index >= 15 is 0 Å². The first kappa shape index (κ1) is 9.78. The molecule has 1 aromatic heterocycles. The summed E-state index contributed by atoms with van der Waals surface area (Å²) in [6.45, 7) is 2.07. The van der Waals surface area contributed by atoms with E-state index in [1.54, 1.807) is 12.5 Å². The quantitative estimate of drug-likeness (QED) is 0.744. The van der Waals surface area contributed by atoms with E-state index in [0.29, 0.717) is 11.6 Å². The molecule has 1 saturated heterocycles. The van der Waals surface area contributed by atoms with Crippen LogP contribution in [0.5, 0.6) is 0 Å². The molecule has 1 aromatic carbocycles. The Balaban J connectivity index is 2.03. The first-order valence-corrected chi connectivity index (χ1v) is 5.63. The summed E-state index contributed by atoms with van der Waals surface area (Å²) in [6, 6.07) is 5.17. The number of nitrogens with one attached hydrogen (secondary N) is 1. The second-order valence-electron chi connectivity index (χ2n) is 4.22. The van der Waals surface area contributed by atoms with Gasteiger partial charge in [-0.3, -0.25) is 0 Å². The lowest BCUT2D eigenvalue weighted by atomic mass is 10.1. The van der Waals surface area contributed by atoms with E-state index in [2.05, 4.69) is 9.88 Å². The van der Waals surface area contributed by atoms with Crippen molar-refractivity contribution in [3.63, 3.8) is 0 Å². The predicted octanol–water partition coefficient (Wildman–Crippen LogP) is 1.78. The second-order valence-corrected chi connectivity index (χ2v) is 4.22. The Morgan fingerprint density at radius 1 is 1.31 bits per heavy atom. The average Bonchev–Trinajstić information content (AvgIpc) is 2.73. The van der Waals surface area contributed by atoms with E-state index in [1.807, 2.05) is 0 Å². The molecule has 1 fully saturated rings. The molecule has 2 aromatic rings. The van der Waals surface area contributed by atoms with E-state index in [1.165, 1.54) is 12.1 Å². The van der Waals surface area contributed by atoms with Crippen LogP contribution in [-0.4, -0.2) is 13.1 Å². The number of nitrogens with zero attached hydrogens (tertiary/aromatic N) is 1. The van der Waals surface area contributed by atoms with Gasteiger partial charge < -0.3 is 9.73 Å². The predicted molar refractivity (Wildman–Crippen MR) is 57.5 cm³/mol. The van der Waals surface area contributed by atoms with Gasteiger partial charge >= 0.3 is 6.39 Å². The van der Waals surface area contributed by atoms with E-state index < -0.39 is 0 Å². The molecule has 0 radical (unpaired) electrons. The van der Waals surface area contributed by atoms with Gasteiger partial charge in [0.05, 0.1) is 0 Å². The molecule has 0 aliphatic carbocycles. The maximum Gasteiger partial charge on any atom is 0.335 e. The summed E-state index contributed by atoms with van der Waals surface area (Å²) in [5, 5.41) is 3.33. The number of halogens is 1. The fourth-order valence-electron chi connectivity index (χ4n) is 2.33. The molecule has 84 valence electrons. The number of hydrogen-bond donors (Lipinski definition) is 1. The SMILES string of the molecule is Fc1ccc2c(c1)oc[n+]2C1CCNCC1. The molecule has 0 saturated carbocycles. The number of benzene rings is 1. The molecule has 3 nitrogen and oxygen atoms in total. The first-order chi connectivity index (χ1) is 7.84. The van der Waals surface area contributed by atoms with Crippen molar-refractivity contribution in [1.82, 2.24) is 5.32 Å². The smallest absolute Gasteiger partial charge is 0.335 e. The van der Waals surface area contributed by atoms with Crippen LogP contribution in [0.2, 0.25) is 0 Å². The van der Waals surface area contributed by atoms with E-state index in [4.69, 9.17) is 4.42 Å². The van der Waals surface area contributed by atoms with Crippen molar-refractivity contribution in [3.8, 4) is 0 Å². The molecule has 0 bridgehead atoms. The van der Waals surface area contributed by atoms with Crippen molar-refractivity contribution >= 4 is 11.1 Å². The summed E-state index contributed by atoms with van der Waals surface area (Å²) in [6.07, 6.45) is 3.90. The summed E-state index contributed by atoms with van der Waals surface area (Å²) < 4.78 is 20.5. The van der Waals surface area contributed by atoms with E-state index in [0.717, 1.165) is 31.4 Å². The molecule has 0 atom stereocenters. The highest BCUT2D eigenvalue weighted by Crippen LogP contribution is 2.18. The highest BCUT2D eigenvalue weighted by atomic mass is 19.1. The third-order valence-corrected chi connectivity index (χ3v) is 3.20. The minimum absolute atomic E-state index is 0.251. The maximum absolute atomic E-state index is 13.0. The molecule has 1 aliphatic heterocycles. The van der Waals surface area contributed by atoms with Gasteiger partial charge in [-0.05, 0) is 6.07 Å². The Kier molecular flexibility index (Phi) is 2.36. The van der Waals surface area contributed by atoms with Crippen LogP contribution in [0.25, 0.3) is 11.1 Å². The van der Waals surface area contributed by atoms with Crippen LogP contribution < -0.4 is 9.88 Å². The zero-order valence-electron chi connectivity index (χ0n) is 8.95. The molecule has 1 N–H and O–H groups in total. The van der Waals surface area contributed by atoms with Crippen molar-refractivity contribution in [1.29, 1.82) is 0 Å². The summed E-state index contributed by atoms with van der Waals surface area (Å²) in [7, 11) is 0. The van der Waals surface area contributed by atoms with Crippen LogP contribution in [-0.2, 0) is 0 Å². The maximum atomic E-state index is 13.0. The molecule has 16 heavy (non-hydrogen) atoms. The molecule has 2 heterocycles. The van der Waals surface area contributed by atoms with Crippen molar-refractivity contribution in [3.05, 3.63) is 30.4 Å². The minimum atomic E-state index is -0.251. The van der Waals surface area contributed by atoms with Crippen LogP contribution >= 0.6 is 0 Å². The van der Waals surface area contributed by atoms with E-state index in [-0.39, 0.29) is 5.82 Å².